The summed E-state index contributed by atoms with van der Waals surface area (Å²) >= 11 is 0. The maximum absolute atomic E-state index is 13.2. The number of hydrogen-bond donors (Lipinski definition) is 1. The Hall–Kier alpha value is -0.700. The minimum atomic E-state index is -3.49. The first-order valence-electron chi connectivity index (χ1n) is 12.6. The molecular formula is C23H44N4O3S. The van der Waals surface area contributed by atoms with Crippen LogP contribution in [-0.4, -0.2) is 79.7 Å². The first-order chi connectivity index (χ1) is 14.8. The Morgan fingerprint density at radius 3 is 2.42 bits per heavy atom. The van der Waals surface area contributed by atoms with Crippen LogP contribution >= 0.6 is 0 Å². The van der Waals surface area contributed by atoms with E-state index in [4.69, 9.17) is 0 Å². The average Bonchev–Trinajstić information content (AvgIpc) is 2.76. The highest BCUT2D eigenvalue weighted by molar-refractivity contribution is 7.86. The fourth-order valence-electron chi connectivity index (χ4n) is 5.78. The zero-order valence-corrected chi connectivity index (χ0v) is 20.7. The van der Waals surface area contributed by atoms with Crippen LogP contribution in [0.4, 0.5) is 0 Å². The number of nitrogens with one attached hydrogen (secondary N) is 1. The number of carbonyl (C=O) groups is 1. The van der Waals surface area contributed by atoms with E-state index in [1.807, 2.05) is 0 Å². The standard InChI is InChI=1S/C23H44N4O3S/c1-4-22-10-5-6-12-25(22)13-8-11-24-23(28)21-9-7-14-26(18-21)31(29,30)27-16-19(2)15-20(3)17-27/h19-22H,4-18H2,1-3H3,(H,24,28)/t19-,20+,21-,22+/m0/s1. The van der Waals surface area contributed by atoms with Gasteiger partial charge in [0.25, 0.3) is 10.2 Å². The van der Waals surface area contributed by atoms with Crippen LogP contribution in [0.3, 0.4) is 0 Å². The van der Waals surface area contributed by atoms with Gasteiger partial charge >= 0.3 is 0 Å². The van der Waals surface area contributed by atoms with Crippen molar-refractivity contribution in [1.29, 1.82) is 0 Å². The molecule has 3 rings (SSSR count). The molecule has 3 fully saturated rings. The number of likely N-dealkylation sites (tertiary alicyclic amines) is 1. The summed E-state index contributed by atoms with van der Waals surface area (Å²) in [7, 11) is -3.49. The quantitative estimate of drug-likeness (QED) is 0.570. The topological polar surface area (TPSA) is 73.0 Å². The fraction of sp³-hybridized carbons (Fsp3) is 0.957. The van der Waals surface area contributed by atoms with Gasteiger partial charge in [-0.3, -0.25) is 4.79 Å². The molecule has 0 unspecified atom stereocenters. The van der Waals surface area contributed by atoms with Crippen LogP contribution in [0.25, 0.3) is 0 Å². The molecule has 3 saturated heterocycles. The van der Waals surface area contributed by atoms with E-state index in [1.54, 1.807) is 8.61 Å². The lowest BCUT2D eigenvalue weighted by Gasteiger charge is -2.39. The second-order valence-corrected chi connectivity index (χ2v) is 12.1. The highest BCUT2D eigenvalue weighted by Crippen LogP contribution is 2.27. The molecule has 4 atom stereocenters. The molecule has 0 aliphatic carbocycles. The largest absolute Gasteiger partial charge is 0.356 e. The Bertz CT molecular complexity index is 676. The van der Waals surface area contributed by atoms with Crippen LogP contribution in [0.2, 0.25) is 0 Å². The molecule has 1 N–H and O–H groups in total. The highest BCUT2D eigenvalue weighted by Gasteiger charge is 2.38. The van der Waals surface area contributed by atoms with E-state index in [-0.39, 0.29) is 11.8 Å². The first-order valence-corrected chi connectivity index (χ1v) is 14.0. The molecular weight excluding hydrogens is 412 g/mol. The number of nitrogens with zero attached hydrogens (tertiary/aromatic N) is 3. The summed E-state index contributed by atoms with van der Waals surface area (Å²) in [6, 6.07) is 0.696. The summed E-state index contributed by atoms with van der Waals surface area (Å²) < 4.78 is 29.6. The molecule has 3 aliphatic heterocycles. The number of piperidine rings is 3. The number of carbonyl (C=O) groups excluding carboxylic acids is 1. The maximum atomic E-state index is 13.2. The second-order valence-electron chi connectivity index (χ2n) is 10.2. The third kappa shape index (κ3) is 6.65. The minimum absolute atomic E-state index is 0.0194. The van der Waals surface area contributed by atoms with Gasteiger partial charge in [0, 0.05) is 45.3 Å². The van der Waals surface area contributed by atoms with E-state index in [0.717, 1.165) is 32.2 Å². The molecule has 3 heterocycles. The molecule has 3 aliphatic rings. The van der Waals surface area contributed by atoms with Gasteiger partial charge in [0.15, 0.2) is 0 Å². The van der Waals surface area contributed by atoms with E-state index in [2.05, 4.69) is 31.0 Å². The first kappa shape index (κ1) is 24.9. The SMILES string of the molecule is CC[C@@H]1CCCCN1CCCNC(=O)[C@H]1CCCN(S(=O)(=O)N2C[C@H](C)C[C@H](C)C2)C1. The Balaban J connectivity index is 1.45. The van der Waals surface area contributed by atoms with Gasteiger partial charge in [-0.05, 0) is 63.3 Å². The van der Waals surface area contributed by atoms with Gasteiger partial charge in [-0.25, -0.2) is 0 Å². The van der Waals surface area contributed by atoms with Gasteiger partial charge in [-0.1, -0.05) is 27.2 Å². The van der Waals surface area contributed by atoms with Crippen LogP contribution < -0.4 is 5.32 Å². The summed E-state index contributed by atoms with van der Waals surface area (Å²) in [5.41, 5.74) is 0. The molecule has 7 nitrogen and oxygen atoms in total. The molecule has 0 radical (unpaired) electrons. The van der Waals surface area contributed by atoms with Crippen LogP contribution in [0, 0.1) is 17.8 Å². The molecule has 0 bridgehead atoms. The molecule has 180 valence electrons. The van der Waals surface area contributed by atoms with Crippen molar-refractivity contribution in [2.45, 2.75) is 78.2 Å². The van der Waals surface area contributed by atoms with E-state index in [1.165, 1.54) is 32.2 Å². The third-order valence-electron chi connectivity index (χ3n) is 7.38. The van der Waals surface area contributed by atoms with Crippen LogP contribution in [0.5, 0.6) is 0 Å². The maximum Gasteiger partial charge on any atom is 0.282 e. The number of amides is 1. The van der Waals surface area contributed by atoms with E-state index in [9.17, 15) is 13.2 Å². The fourth-order valence-corrected chi connectivity index (χ4v) is 7.72. The van der Waals surface area contributed by atoms with Gasteiger partial charge < -0.3 is 10.2 Å². The van der Waals surface area contributed by atoms with Crippen molar-refractivity contribution in [2.75, 3.05) is 45.8 Å². The van der Waals surface area contributed by atoms with Gasteiger partial charge in [-0.2, -0.15) is 17.0 Å². The molecule has 0 saturated carbocycles. The summed E-state index contributed by atoms with van der Waals surface area (Å²) in [5.74, 6) is 0.553. The molecule has 0 aromatic carbocycles. The zero-order valence-electron chi connectivity index (χ0n) is 19.9. The van der Waals surface area contributed by atoms with Crippen LogP contribution in [0.15, 0.2) is 0 Å². The predicted octanol–water partition coefficient (Wildman–Crippen LogP) is 2.69. The molecule has 0 aromatic rings. The Labute approximate surface area is 190 Å². The smallest absolute Gasteiger partial charge is 0.282 e. The number of rotatable bonds is 8. The van der Waals surface area contributed by atoms with Crippen molar-refractivity contribution in [1.82, 2.24) is 18.8 Å². The lowest BCUT2D eigenvalue weighted by atomic mass is 9.94. The second kappa shape index (κ2) is 11.4. The van der Waals surface area contributed by atoms with Crippen molar-refractivity contribution in [3.05, 3.63) is 0 Å². The van der Waals surface area contributed by atoms with Gasteiger partial charge in [0.2, 0.25) is 5.91 Å². The highest BCUT2D eigenvalue weighted by atomic mass is 32.2. The van der Waals surface area contributed by atoms with E-state index < -0.39 is 10.2 Å². The average molecular weight is 457 g/mol. The Morgan fingerprint density at radius 2 is 1.71 bits per heavy atom. The molecule has 0 spiro atoms. The van der Waals surface area contributed by atoms with Crippen molar-refractivity contribution in [3.8, 4) is 0 Å². The van der Waals surface area contributed by atoms with Crippen molar-refractivity contribution < 1.29 is 13.2 Å². The lowest BCUT2D eigenvalue weighted by molar-refractivity contribution is -0.126. The monoisotopic (exact) mass is 456 g/mol. The molecule has 1 amide bonds. The normalized spacial score (nSPS) is 32.1. The summed E-state index contributed by atoms with van der Waals surface area (Å²) in [4.78, 5) is 15.3. The van der Waals surface area contributed by atoms with Crippen molar-refractivity contribution in [3.63, 3.8) is 0 Å². The van der Waals surface area contributed by atoms with E-state index >= 15 is 0 Å². The lowest BCUT2D eigenvalue weighted by Crippen LogP contribution is -2.53. The van der Waals surface area contributed by atoms with Gasteiger partial charge in [0.05, 0.1) is 5.92 Å². The minimum Gasteiger partial charge on any atom is -0.356 e. The molecule has 0 aromatic heterocycles. The Kier molecular flexibility index (Phi) is 9.20. The summed E-state index contributed by atoms with van der Waals surface area (Å²) in [6.07, 6.45) is 8.67. The molecule has 31 heavy (non-hydrogen) atoms. The summed E-state index contributed by atoms with van der Waals surface area (Å²) in [5, 5.41) is 3.09. The van der Waals surface area contributed by atoms with Crippen molar-refractivity contribution in [2.24, 2.45) is 17.8 Å². The summed E-state index contributed by atoms with van der Waals surface area (Å²) in [6.45, 7) is 11.4. The van der Waals surface area contributed by atoms with Gasteiger partial charge in [0.1, 0.15) is 0 Å². The zero-order chi connectivity index (χ0) is 22.4. The molecule has 8 heteroatoms. The number of hydrogen-bond acceptors (Lipinski definition) is 4. The Morgan fingerprint density at radius 1 is 0.968 bits per heavy atom. The third-order valence-corrected chi connectivity index (χ3v) is 9.32. The van der Waals surface area contributed by atoms with Gasteiger partial charge in [-0.15, -0.1) is 0 Å². The van der Waals surface area contributed by atoms with Crippen molar-refractivity contribution >= 4 is 16.1 Å². The van der Waals surface area contributed by atoms with E-state index in [0.29, 0.717) is 50.6 Å². The van der Waals surface area contributed by atoms with Crippen LogP contribution in [0.1, 0.15) is 72.1 Å². The van der Waals surface area contributed by atoms with Crippen LogP contribution in [-0.2, 0) is 15.0 Å². The predicted molar refractivity (Wildman–Crippen MR) is 125 cm³/mol.